The number of hydrogen-bond acceptors (Lipinski definition) is 4. The highest BCUT2D eigenvalue weighted by Crippen LogP contribution is 2.26. The van der Waals surface area contributed by atoms with E-state index >= 15 is 0 Å². The summed E-state index contributed by atoms with van der Waals surface area (Å²) in [6, 6.07) is 10.7. The van der Waals surface area contributed by atoms with E-state index in [9.17, 15) is 8.78 Å². The molecule has 1 aromatic carbocycles. The molecule has 0 aliphatic carbocycles. The fourth-order valence-corrected chi connectivity index (χ4v) is 2.45. The third kappa shape index (κ3) is 9.25. The number of hydrogen-bond donors (Lipinski definition) is 2. The van der Waals surface area contributed by atoms with E-state index in [0.29, 0.717) is 30.4 Å². The molecule has 9 heteroatoms. The first kappa shape index (κ1) is 24.9. The van der Waals surface area contributed by atoms with Gasteiger partial charge in [-0.2, -0.15) is 8.78 Å². The van der Waals surface area contributed by atoms with Crippen molar-refractivity contribution in [1.82, 2.24) is 15.6 Å². The molecule has 0 bridgehead atoms. The van der Waals surface area contributed by atoms with E-state index in [1.165, 1.54) is 6.07 Å². The molecule has 0 amide bonds. The predicted molar refractivity (Wildman–Crippen MR) is 120 cm³/mol. The number of aliphatic imine (C=N–C) groups is 1. The molecule has 160 valence electrons. The van der Waals surface area contributed by atoms with Crippen LogP contribution in [0.5, 0.6) is 11.5 Å². The molecule has 2 rings (SSSR count). The minimum absolute atomic E-state index is 0. The maximum absolute atomic E-state index is 12.8. The second kappa shape index (κ2) is 13.9. The van der Waals surface area contributed by atoms with Gasteiger partial charge in [0, 0.05) is 50.1 Å². The highest BCUT2D eigenvalue weighted by atomic mass is 127. The van der Waals surface area contributed by atoms with Crippen molar-refractivity contribution in [2.45, 2.75) is 32.9 Å². The lowest BCUT2D eigenvalue weighted by molar-refractivity contribution is -0.0505. The highest BCUT2D eigenvalue weighted by molar-refractivity contribution is 14.0. The van der Waals surface area contributed by atoms with Crippen LogP contribution in [0.15, 0.2) is 47.6 Å². The number of aromatic nitrogens is 1. The molecule has 0 radical (unpaired) electrons. The molecule has 6 nitrogen and oxygen atoms in total. The number of guanidine groups is 1. The molecule has 0 unspecified atom stereocenters. The van der Waals surface area contributed by atoms with Gasteiger partial charge in [-0.1, -0.05) is 13.0 Å². The number of ether oxygens (including phenoxy) is 2. The van der Waals surface area contributed by atoms with E-state index in [-0.39, 0.29) is 36.3 Å². The summed E-state index contributed by atoms with van der Waals surface area (Å²) in [5.41, 5.74) is 1.55. The third-order valence-corrected chi connectivity index (χ3v) is 3.80. The Morgan fingerprint density at radius 1 is 1.21 bits per heavy atom. The standard InChI is InChI=1S/C20H26F2N4O2.HI/c1-3-12-27-17-8-7-15(18(13-17)28-19(21)22)14-26-20(23-2)25-11-9-16-6-4-5-10-24-16;/h4-8,10,13,19H,3,9,11-12,14H2,1-2H3,(H2,23,25,26);1H. The smallest absolute Gasteiger partial charge is 0.387 e. The van der Waals surface area contributed by atoms with Crippen LogP contribution < -0.4 is 20.1 Å². The molecule has 0 saturated carbocycles. The number of rotatable bonds is 10. The summed E-state index contributed by atoms with van der Waals surface area (Å²) in [4.78, 5) is 8.41. The van der Waals surface area contributed by atoms with Gasteiger partial charge in [0.15, 0.2) is 5.96 Å². The van der Waals surface area contributed by atoms with E-state index in [0.717, 1.165) is 18.5 Å². The van der Waals surface area contributed by atoms with Crippen molar-refractivity contribution >= 4 is 29.9 Å². The van der Waals surface area contributed by atoms with Gasteiger partial charge in [-0.05, 0) is 30.7 Å². The van der Waals surface area contributed by atoms with Crippen LogP contribution >= 0.6 is 24.0 Å². The molecule has 0 fully saturated rings. The van der Waals surface area contributed by atoms with E-state index < -0.39 is 6.61 Å². The Bertz CT molecular complexity index is 749. The van der Waals surface area contributed by atoms with Crippen LogP contribution in [0.2, 0.25) is 0 Å². The van der Waals surface area contributed by atoms with Crippen molar-refractivity contribution in [3.05, 3.63) is 53.9 Å². The monoisotopic (exact) mass is 520 g/mol. The molecule has 0 atom stereocenters. The summed E-state index contributed by atoms with van der Waals surface area (Å²) in [6.45, 7) is 0.496. The van der Waals surface area contributed by atoms with Crippen molar-refractivity contribution in [2.75, 3.05) is 20.2 Å². The first-order valence-electron chi connectivity index (χ1n) is 9.17. The maximum atomic E-state index is 12.8. The normalized spacial score (nSPS) is 11.0. The molecule has 1 aromatic heterocycles. The second-order valence-electron chi connectivity index (χ2n) is 5.92. The van der Waals surface area contributed by atoms with Gasteiger partial charge in [-0.15, -0.1) is 24.0 Å². The van der Waals surface area contributed by atoms with Crippen LogP contribution in [0.25, 0.3) is 0 Å². The number of halogens is 3. The minimum atomic E-state index is -2.91. The van der Waals surface area contributed by atoms with Gasteiger partial charge < -0.3 is 20.1 Å². The first-order chi connectivity index (χ1) is 13.6. The fourth-order valence-electron chi connectivity index (χ4n) is 2.45. The van der Waals surface area contributed by atoms with Gasteiger partial charge in [0.1, 0.15) is 11.5 Å². The molecule has 0 aliphatic rings. The van der Waals surface area contributed by atoms with Crippen molar-refractivity contribution in [3.8, 4) is 11.5 Å². The van der Waals surface area contributed by atoms with Gasteiger partial charge in [-0.3, -0.25) is 9.98 Å². The molecule has 0 saturated heterocycles. The molecule has 2 N–H and O–H groups in total. The summed E-state index contributed by atoms with van der Waals surface area (Å²) in [5, 5.41) is 6.27. The lowest BCUT2D eigenvalue weighted by Crippen LogP contribution is -2.38. The molecular weight excluding hydrogens is 493 g/mol. The zero-order valence-electron chi connectivity index (χ0n) is 16.5. The first-order valence-corrected chi connectivity index (χ1v) is 9.17. The molecular formula is C20H27F2IN4O2. The Labute approximate surface area is 187 Å². The maximum Gasteiger partial charge on any atom is 0.387 e. The van der Waals surface area contributed by atoms with Crippen molar-refractivity contribution < 1.29 is 18.3 Å². The Balaban J connectivity index is 0.00000420. The number of benzene rings is 1. The lowest BCUT2D eigenvalue weighted by atomic mass is 10.2. The Hall–Kier alpha value is -2.17. The lowest BCUT2D eigenvalue weighted by Gasteiger charge is -2.16. The zero-order chi connectivity index (χ0) is 20.2. The highest BCUT2D eigenvalue weighted by Gasteiger charge is 2.12. The molecule has 0 spiro atoms. The molecule has 0 aliphatic heterocycles. The summed E-state index contributed by atoms with van der Waals surface area (Å²) in [6.07, 6.45) is 3.32. The average molecular weight is 520 g/mol. The summed E-state index contributed by atoms with van der Waals surface area (Å²) >= 11 is 0. The van der Waals surface area contributed by atoms with E-state index in [2.05, 4.69) is 25.3 Å². The minimum Gasteiger partial charge on any atom is -0.493 e. The van der Waals surface area contributed by atoms with Crippen LogP contribution in [0.3, 0.4) is 0 Å². The van der Waals surface area contributed by atoms with Crippen LogP contribution in [-0.2, 0) is 13.0 Å². The van der Waals surface area contributed by atoms with Crippen LogP contribution in [0.1, 0.15) is 24.6 Å². The van der Waals surface area contributed by atoms with Crippen molar-refractivity contribution in [1.29, 1.82) is 0 Å². The van der Waals surface area contributed by atoms with Crippen molar-refractivity contribution in [2.24, 2.45) is 4.99 Å². The van der Waals surface area contributed by atoms with E-state index in [1.807, 2.05) is 25.1 Å². The number of alkyl halides is 2. The fraction of sp³-hybridized carbons (Fsp3) is 0.400. The topological polar surface area (TPSA) is 67.8 Å². The summed E-state index contributed by atoms with van der Waals surface area (Å²) in [5.74, 6) is 1.14. The molecule has 1 heterocycles. The van der Waals surface area contributed by atoms with Gasteiger partial charge in [0.25, 0.3) is 0 Å². The average Bonchev–Trinajstić information content (AvgIpc) is 2.70. The summed E-state index contributed by atoms with van der Waals surface area (Å²) in [7, 11) is 1.65. The van der Waals surface area contributed by atoms with Gasteiger partial charge in [0.2, 0.25) is 0 Å². The van der Waals surface area contributed by atoms with E-state index in [4.69, 9.17) is 4.74 Å². The third-order valence-electron chi connectivity index (χ3n) is 3.80. The quantitative estimate of drug-likeness (QED) is 0.282. The van der Waals surface area contributed by atoms with E-state index in [1.54, 1.807) is 25.4 Å². The van der Waals surface area contributed by atoms with Crippen LogP contribution in [0, 0.1) is 0 Å². The van der Waals surface area contributed by atoms with Gasteiger partial charge in [0.05, 0.1) is 6.61 Å². The molecule has 2 aromatic rings. The van der Waals surface area contributed by atoms with Gasteiger partial charge >= 0.3 is 6.61 Å². The zero-order valence-corrected chi connectivity index (χ0v) is 18.9. The van der Waals surface area contributed by atoms with Crippen LogP contribution in [-0.4, -0.2) is 37.8 Å². The van der Waals surface area contributed by atoms with Crippen molar-refractivity contribution in [3.63, 3.8) is 0 Å². The number of nitrogens with one attached hydrogen (secondary N) is 2. The Kier molecular flexibility index (Phi) is 11.9. The number of pyridine rings is 1. The van der Waals surface area contributed by atoms with Crippen LogP contribution in [0.4, 0.5) is 8.78 Å². The molecule has 29 heavy (non-hydrogen) atoms. The SMILES string of the molecule is CCCOc1ccc(CNC(=NC)NCCc2ccccn2)c(OC(F)F)c1.I. The Morgan fingerprint density at radius 2 is 2.03 bits per heavy atom. The van der Waals surface area contributed by atoms with Gasteiger partial charge in [-0.25, -0.2) is 0 Å². The number of nitrogens with zero attached hydrogens (tertiary/aromatic N) is 2. The summed E-state index contributed by atoms with van der Waals surface area (Å²) < 4.78 is 35.6. The largest absolute Gasteiger partial charge is 0.493 e. The second-order valence-corrected chi connectivity index (χ2v) is 5.92. The predicted octanol–water partition coefficient (Wildman–Crippen LogP) is 4.00. The Morgan fingerprint density at radius 3 is 2.69 bits per heavy atom.